The van der Waals surface area contributed by atoms with Gasteiger partial charge in [-0.3, -0.25) is 4.57 Å². The molecule has 1 aromatic rings. The van der Waals surface area contributed by atoms with Crippen LogP contribution in [0.2, 0.25) is 0 Å². The van der Waals surface area contributed by atoms with Crippen molar-refractivity contribution in [3.63, 3.8) is 0 Å². The first-order chi connectivity index (χ1) is 10.0. The highest BCUT2D eigenvalue weighted by Crippen LogP contribution is 2.63. The van der Waals surface area contributed by atoms with E-state index in [0.29, 0.717) is 5.56 Å². The van der Waals surface area contributed by atoms with E-state index in [4.69, 9.17) is 9.05 Å². The lowest BCUT2D eigenvalue weighted by Gasteiger charge is -2.27. The smallest absolute Gasteiger partial charge is 0.308 e. The molecule has 0 amide bonds. The van der Waals surface area contributed by atoms with Crippen molar-refractivity contribution in [2.24, 2.45) is 5.92 Å². The summed E-state index contributed by atoms with van der Waals surface area (Å²) >= 11 is 3.32. The van der Waals surface area contributed by atoms with Gasteiger partial charge in [0.05, 0.1) is 25.4 Å². The highest BCUT2D eigenvalue weighted by molar-refractivity contribution is 9.10. The van der Waals surface area contributed by atoms with Gasteiger partial charge in [-0.2, -0.15) is 10.5 Å². The molecule has 1 rings (SSSR count). The Bertz CT molecular complexity index is 568. The van der Waals surface area contributed by atoms with Gasteiger partial charge in [0.1, 0.15) is 5.66 Å². The van der Waals surface area contributed by atoms with Crippen molar-refractivity contribution in [3.8, 4) is 12.1 Å². The first kappa shape index (κ1) is 17.9. The van der Waals surface area contributed by atoms with Crippen molar-refractivity contribution in [1.82, 2.24) is 0 Å². The zero-order chi connectivity index (χ0) is 15.9. The van der Waals surface area contributed by atoms with Gasteiger partial charge in [0.2, 0.25) is 0 Å². The summed E-state index contributed by atoms with van der Waals surface area (Å²) in [6.07, 6.45) is 0. The van der Waals surface area contributed by atoms with Gasteiger partial charge in [-0.05, 0) is 31.5 Å². The number of benzene rings is 1. The second-order valence-corrected chi connectivity index (χ2v) is 7.18. The molecule has 1 atom stereocenters. The minimum Gasteiger partial charge on any atom is -0.308 e. The van der Waals surface area contributed by atoms with Crippen LogP contribution >= 0.6 is 23.5 Å². The van der Waals surface area contributed by atoms with Crippen LogP contribution in [-0.4, -0.2) is 13.2 Å². The largest absolute Gasteiger partial charge is 0.340 e. The van der Waals surface area contributed by atoms with Crippen LogP contribution in [0.25, 0.3) is 0 Å². The Kier molecular flexibility index (Phi) is 7.08. The fraction of sp³-hybridized carbons (Fsp3) is 0.429. The second kappa shape index (κ2) is 8.32. The molecule has 0 saturated carbocycles. The van der Waals surface area contributed by atoms with Crippen LogP contribution in [0.4, 0.5) is 0 Å². The zero-order valence-corrected chi connectivity index (χ0v) is 14.3. The number of hydrogen-bond donors (Lipinski definition) is 0. The van der Waals surface area contributed by atoms with Crippen LogP contribution in [0.1, 0.15) is 25.1 Å². The van der Waals surface area contributed by atoms with E-state index in [-0.39, 0.29) is 13.2 Å². The fourth-order valence-electron chi connectivity index (χ4n) is 1.95. The Hall–Kier alpha value is -1.17. The average molecular weight is 371 g/mol. The van der Waals surface area contributed by atoms with Crippen molar-refractivity contribution in [2.45, 2.75) is 19.5 Å². The van der Waals surface area contributed by atoms with Crippen LogP contribution in [-0.2, 0) is 13.6 Å². The Morgan fingerprint density at radius 1 is 1.14 bits per heavy atom. The van der Waals surface area contributed by atoms with Crippen LogP contribution in [0.5, 0.6) is 0 Å². The van der Waals surface area contributed by atoms with E-state index in [0.717, 1.165) is 4.47 Å². The molecule has 21 heavy (non-hydrogen) atoms. The lowest BCUT2D eigenvalue weighted by molar-refractivity contribution is 0.209. The van der Waals surface area contributed by atoms with Crippen LogP contribution < -0.4 is 0 Å². The molecule has 0 aliphatic rings. The maximum absolute atomic E-state index is 13.0. The topological polar surface area (TPSA) is 83.1 Å². The lowest BCUT2D eigenvalue weighted by atomic mass is 10.0. The number of halogens is 1. The molecule has 0 N–H and O–H groups in total. The van der Waals surface area contributed by atoms with Crippen molar-refractivity contribution < 1.29 is 13.6 Å². The van der Waals surface area contributed by atoms with Crippen molar-refractivity contribution in [2.75, 3.05) is 13.2 Å². The Morgan fingerprint density at radius 2 is 1.62 bits per heavy atom. The SMILES string of the molecule is CCOP(=O)(OCC)C(c1ccc(Br)cc1)C(C#N)C#N. The summed E-state index contributed by atoms with van der Waals surface area (Å²) in [5.41, 5.74) is -0.350. The Balaban J connectivity index is 3.37. The number of nitriles is 2. The summed E-state index contributed by atoms with van der Waals surface area (Å²) in [6.45, 7) is 3.73. The summed E-state index contributed by atoms with van der Waals surface area (Å²) in [5.74, 6) is -1.12. The van der Waals surface area contributed by atoms with E-state index in [9.17, 15) is 15.1 Å². The third-order valence-corrected chi connectivity index (χ3v) is 5.81. The quantitative estimate of drug-likeness (QED) is 0.663. The normalized spacial score (nSPS) is 12.7. The average Bonchev–Trinajstić information content (AvgIpc) is 2.46. The number of rotatable bonds is 7. The summed E-state index contributed by atoms with van der Waals surface area (Å²) < 4.78 is 24.5. The molecule has 0 aliphatic heterocycles. The van der Waals surface area contributed by atoms with Gasteiger partial charge >= 0.3 is 7.60 Å². The highest BCUT2D eigenvalue weighted by atomic mass is 79.9. The molecule has 1 unspecified atom stereocenters. The number of hydrogen-bond acceptors (Lipinski definition) is 5. The fourth-order valence-corrected chi connectivity index (χ4v) is 4.36. The monoisotopic (exact) mass is 370 g/mol. The molecule has 0 bridgehead atoms. The van der Waals surface area contributed by atoms with Gasteiger partial charge in [-0.1, -0.05) is 28.1 Å². The Labute approximate surface area is 133 Å². The molecule has 0 aliphatic carbocycles. The van der Waals surface area contributed by atoms with E-state index < -0.39 is 19.2 Å². The van der Waals surface area contributed by atoms with Gasteiger partial charge in [0.15, 0.2) is 5.92 Å². The van der Waals surface area contributed by atoms with Gasteiger partial charge in [-0.15, -0.1) is 0 Å². The van der Waals surface area contributed by atoms with Crippen molar-refractivity contribution >= 4 is 23.5 Å². The molecular formula is C14H16BrN2O3P. The number of nitrogens with zero attached hydrogens (tertiary/aromatic N) is 2. The predicted octanol–water partition coefficient (Wildman–Crippen LogP) is 4.42. The lowest BCUT2D eigenvalue weighted by Crippen LogP contribution is -2.14. The van der Waals surface area contributed by atoms with Gasteiger partial charge < -0.3 is 9.05 Å². The molecule has 5 nitrogen and oxygen atoms in total. The van der Waals surface area contributed by atoms with E-state index in [1.54, 1.807) is 38.1 Å². The van der Waals surface area contributed by atoms with Crippen LogP contribution in [0, 0.1) is 28.6 Å². The maximum atomic E-state index is 13.0. The molecule has 1 aromatic carbocycles. The molecule has 0 saturated heterocycles. The zero-order valence-electron chi connectivity index (χ0n) is 11.8. The molecule has 112 valence electrons. The minimum absolute atomic E-state index is 0.174. The van der Waals surface area contributed by atoms with E-state index in [2.05, 4.69) is 15.9 Å². The first-order valence-electron chi connectivity index (χ1n) is 6.45. The van der Waals surface area contributed by atoms with E-state index >= 15 is 0 Å². The third kappa shape index (κ3) is 4.40. The molecule has 7 heteroatoms. The van der Waals surface area contributed by atoms with E-state index in [1.807, 2.05) is 12.1 Å². The minimum atomic E-state index is -3.62. The molecule has 0 radical (unpaired) electrons. The van der Waals surface area contributed by atoms with Crippen LogP contribution in [0.3, 0.4) is 0 Å². The van der Waals surface area contributed by atoms with Gasteiger partial charge in [0.25, 0.3) is 0 Å². The molecular weight excluding hydrogens is 355 g/mol. The van der Waals surface area contributed by atoms with Gasteiger partial charge in [-0.25, -0.2) is 0 Å². The molecule has 0 aromatic heterocycles. The molecule has 0 spiro atoms. The standard InChI is InChI=1S/C14H16BrN2O3P/c1-3-19-21(18,20-4-2)14(12(9-16)10-17)11-5-7-13(15)8-6-11/h5-8,12,14H,3-4H2,1-2H3. The summed E-state index contributed by atoms with van der Waals surface area (Å²) in [5, 5.41) is 18.4. The van der Waals surface area contributed by atoms with Crippen molar-refractivity contribution in [1.29, 1.82) is 10.5 Å². The molecule has 0 heterocycles. The van der Waals surface area contributed by atoms with E-state index in [1.165, 1.54) is 0 Å². The van der Waals surface area contributed by atoms with Gasteiger partial charge in [0, 0.05) is 4.47 Å². The summed E-state index contributed by atoms with van der Waals surface area (Å²) in [7, 11) is -3.62. The molecule has 0 fully saturated rings. The first-order valence-corrected chi connectivity index (χ1v) is 8.86. The maximum Gasteiger partial charge on any atom is 0.340 e. The summed E-state index contributed by atoms with van der Waals surface area (Å²) in [6, 6.07) is 10.7. The van der Waals surface area contributed by atoms with Crippen molar-refractivity contribution in [3.05, 3.63) is 34.3 Å². The predicted molar refractivity (Wildman–Crippen MR) is 82.5 cm³/mol. The highest BCUT2D eigenvalue weighted by Gasteiger charge is 2.42. The second-order valence-electron chi connectivity index (χ2n) is 4.11. The Morgan fingerprint density at radius 3 is 2.00 bits per heavy atom. The third-order valence-electron chi connectivity index (χ3n) is 2.76. The van der Waals surface area contributed by atoms with Crippen LogP contribution in [0.15, 0.2) is 28.7 Å². The summed E-state index contributed by atoms with van der Waals surface area (Å²) in [4.78, 5) is 0.